The number of ether oxygens (including phenoxy) is 2. The topological polar surface area (TPSA) is 35.5 Å². The second-order valence-corrected chi connectivity index (χ2v) is 18.0. The molecule has 0 saturated carbocycles. The van der Waals surface area contributed by atoms with E-state index in [-0.39, 0.29) is 39.9 Å². The predicted molar refractivity (Wildman–Crippen MR) is 229 cm³/mol. The Balaban J connectivity index is -0.0000130. The Morgan fingerprint density at radius 1 is 0.352 bits per heavy atom. The van der Waals surface area contributed by atoms with Gasteiger partial charge in [0.1, 0.15) is 19.7 Å². The van der Waals surface area contributed by atoms with E-state index in [1.165, 1.54) is 212 Å². The summed E-state index contributed by atoms with van der Waals surface area (Å²) in [6.45, 7) is 10.5. The molecule has 0 unspecified atom stereocenters. The zero-order valence-electron chi connectivity index (χ0n) is 37.7. The molecule has 0 aliphatic heterocycles. The van der Waals surface area contributed by atoms with Gasteiger partial charge in [0.2, 0.25) is 0 Å². The van der Waals surface area contributed by atoms with Crippen LogP contribution in [0.25, 0.3) is 0 Å². The smallest absolute Gasteiger partial charge is 0.308 e. The third-order valence-electron chi connectivity index (χ3n) is 11.5. The van der Waals surface area contributed by atoms with Crippen LogP contribution in [0.15, 0.2) is 0 Å². The highest BCUT2D eigenvalue weighted by molar-refractivity contribution is 5.69. The molecule has 0 aromatic carbocycles. The highest BCUT2D eigenvalue weighted by Crippen LogP contribution is 2.16. The van der Waals surface area contributed by atoms with Gasteiger partial charge in [-0.25, -0.2) is 0 Å². The molecule has 0 aromatic rings. The van der Waals surface area contributed by atoms with Crippen LogP contribution in [-0.4, -0.2) is 89.1 Å². The molecule has 0 N–H and O–H groups in total. The van der Waals surface area contributed by atoms with E-state index in [1.807, 2.05) is 0 Å². The molecular formula is C47H98Br2N2O3. The summed E-state index contributed by atoms with van der Waals surface area (Å²) >= 11 is 0. The van der Waals surface area contributed by atoms with Gasteiger partial charge >= 0.3 is 5.97 Å². The second-order valence-electron chi connectivity index (χ2n) is 18.0. The molecule has 0 fully saturated rings. The summed E-state index contributed by atoms with van der Waals surface area (Å²) < 4.78 is 13.3. The minimum absolute atomic E-state index is 0. The first-order chi connectivity index (χ1) is 25.2. The molecule has 5 nitrogen and oxygen atoms in total. The summed E-state index contributed by atoms with van der Waals surface area (Å²) in [6.07, 6.45) is 45.5. The average Bonchev–Trinajstić information content (AvgIpc) is 3.11. The Morgan fingerprint density at radius 2 is 0.611 bits per heavy atom. The van der Waals surface area contributed by atoms with Gasteiger partial charge in [0.25, 0.3) is 0 Å². The predicted octanol–water partition coefficient (Wildman–Crippen LogP) is 7.62. The first kappa shape index (κ1) is 58.6. The van der Waals surface area contributed by atoms with Gasteiger partial charge in [-0.3, -0.25) is 4.79 Å². The van der Waals surface area contributed by atoms with Crippen molar-refractivity contribution in [1.29, 1.82) is 0 Å². The standard InChI is InChI=1S/C47H98N2O3.2BrH/c1-7-9-11-13-15-17-19-21-23-25-27-29-31-33-35-37-40-48(3,4)42-45-51-44-39-47(50)52-46-43-49(5,6)41-38-36-34-32-30-28-26-24-22-20-18-16-14-12-10-8-2;;/h7-46H2,1-6H3;2*1H/q+2;;/p-2. The van der Waals surface area contributed by atoms with E-state index in [0.29, 0.717) is 26.2 Å². The summed E-state index contributed by atoms with van der Waals surface area (Å²) in [4.78, 5) is 12.3. The Kier molecular flexibility index (Phi) is 48.2. The van der Waals surface area contributed by atoms with E-state index < -0.39 is 0 Å². The van der Waals surface area contributed by atoms with Crippen LogP contribution in [0.2, 0.25) is 0 Å². The molecule has 0 atom stereocenters. The lowest BCUT2D eigenvalue weighted by atomic mass is 10.0. The number of quaternary nitrogens is 2. The fourth-order valence-corrected chi connectivity index (χ4v) is 7.45. The van der Waals surface area contributed by atoms with Gasteiger partial charge in [-0.1, -0.05) is 194 Å². The molecule has 0 aromatic heterocycles. The van der Waals surface area contributed by atoms with Crippen LogP contribution in [-0.2, 0) is 14.3 Å². The van der Waals surface area contributed by atoms with E-state index in [4.69, 9.17) is 9.47 Å². The van der Waals surface area contributed by atoms with Crippen molar-refractivity contribution in [3.05, 3.63) is 0 Å². The van der Waals surface area contributed by atoms with Crippen LogP contribution in [0.4, 0.5) is 0 Å². The van der Waals surface area contributed by atoms with E-state index in [9.17, 15) is 4.79 Å². The summed E-state index contributed by atoms with van der Waals surface area (Å²) in [5.41, 5.74) is 0. The second kappa shape index (κ2) is 44.4. The van der Waals surface area contributed by atoms with Crippen molar-refractivity contribution in [1.82, 2.24) is 0 Å². The lowest BCUT2D eigenvalue weighted by Gasteiger charge is -2.30. The van der Waals surface area contributed by atoms with Crippen molar-refractivity contribution in [3.8, 4) is 0 Å². The molecule has 54 heavy (non-hydrogen) atoms. The maximum atomic E-state index is 12.3. The first-order valence-electron chi connectivity index (χ1n) is 23.6. The van der Waals surface area contributed by atoms with E-state index >= 15 is 0 Å². The molecule has 328 valence electrons. The maximum Gasteiger partial charge on any atom is 0.308 e. The molecule has 0 amide bonds. The zero-order valence-corrected chi connectivity index (χ0v) is 40.8. The van der Waals surface area contributed by atoms with Crippen LogP contribution < -0.4 is 34.0 Å². The average molecular weight is 899 g/mol. The fraction of sp³-hybridized carbons (Fsp3) is 0.979. The minimum Gasteiger partial charge on any atom is -1.00 e. The number of rotatable bonds is 43. The number of hydrogen-bond acceptors (Lipinski definition) is 3. The lowest BCUT2D eigenvalue weighted by molar-refractivity contribution is -0.891. The minimum atomic E-state index is -0.121. The van der Waals surface area contributed by atoms with Gasteiger partial charge in [-0.2, -0.15) is 0 Å². The number of likely N-dealkylation sites (N-methyl/N-ethyl adjacent to an activating group) is 2. The monoisotopic (exact) mass is 897 g/mol. The van der Waals surface area contributed by atoms with E-state index in [1.54, 1.807) is 0 Å². The Bertz CT molecular complexity index is 738. The molecule has 0 aliphatic carbocycles. The van der Waals surface area contributed by atoms with Gasteiger partial charge in [0, 0.05) is 0 Å². The summed E-state index contributed by atoms with van der Waals surface area (Å²) in [7, 11) is 9.15. The largest absolute Gasteiger partial charge is 1.00 e. The number of nitrogens with zero attached hydrogens (tertiary/aromatic N) is 2. The molecule has 0 aliphatic rings. The van der Waals surface area contributed by atoms with Crippen LogP contribution in [0.3, 0.4) is 0 Å². The summed E-state index contributed by atoms with van der Waals surface area (Å²) in [5.74, 6) is -0.121. The Labute approximate surface area is 361 Å². The summed E-state index contributed by atoms with van der Waals surface area (Å²) in [5, 5.41) is 0. The third-order valence-corrected chi connectivity index (χ3v) is 11.5. The molecule has 0 rings (SSSR count). The number of halogens is 2. The van der Waals surface area contributed by atoms with Crippen LogP contribution in [0.1, 0.15) is 226 Å². The lowest BCUT2D eigenvalue weighted by Crippen LogP contribution is -3.00. The number of carbonyl (C=O) groups is 1. The van der Waals surface area contributed by atoms with Crippen LogP contribution in [0.5, 0.6) is 0 Å². The van der Waals surface area contributed by atoms with E-state index in [2.05, 4.69) is 42.0 Å². The normalized spacial score (nSPS) is 11.7. The van der Waals surface area contributed by atoms with Gasteiger partial charge < -0.3 is 52.4 Å². The summed E-state index contributed by atoms with van der Waals surface area (Å²) in [6, 6.07) is 0. The highest BCUT2D eigenvalue weighted by Gasteiger charge is 2.17. The van der Waals surface area contributed by atoms with Gasteiger partial charge in [0.15, 0.2) is 0 Å². The third kappa shape index (κ3) is 46.7. The quantitative estimate of drug-likeness (QED) is 0.0360. The maximum absolute atomic E-state index is 12.3. The van der Waals surface area contributed by atoms with Crippen molar-refractivity contribution in [2.75, 3.05) is 74.2 Å². The molecule has 0 radical (unpaired) electrons. The first-order valence-corrected chi connectivity index (χ1v) is 23.6. The Hall–Kier alpha value is 0.310. The van der Waals surface area contributed by atoms with E-state index in [0.717, 1.165) is 28.6 Å². The fourth-order valence-electron chi connectivity index (χ4n) is 7.45. The van der Waals surface area contributed by atoms with Crippen molar-refractivity contribution in [3.63, 3.8) is 0 Å². The molecule has 0 heterocycles. The SMILES string of the molecule is CCCCCCCCCCCCCCCCCC[N+](C)(C)CCOCCC(=O)OCC[N+](C)(C)CCCCCCCCCCCCCCCCCC.[Br-].[Br-]. The molecular weight excluding hydrogens is 800 g/mol. The molecule has 0 saturated heterocycles. The highest BCUT2D eigenvalue weighted by atomic mass is 79.9. The molecule has 7 heteroatoms. The van der Waals surface area contributed by atoms with Crippen molar-refractivity contribution in [2.24, 2.45) is 0 Å². The molecule has 0 spiro atoms. The van der Waals surface area contributed by atoms with Crippen molar-refractivity contribution >= 4 is 5.97 Å². The molecule has 0 bridgehead atoms. The number of hydrogen-bond donors (Lipinski definition) is 0. The van der Waals surface area contributed by atoms with Crippen molar-refractivity contribution in [2.45, 2.75) is 226 Å². The zero-order chi connectivity index (χ0) is 38.3. The number of unbranched alkanes of at least 4 members (excludes halogenated alkanes) is 30. The van der Waals surface area contributed by atoms with Gasteiger partial charge in [-0.05, 0) is 25.7 Å². The number of esters is 1. The van der Waals surface area contributed by atoms with Gasteiger partial charge in [0.05, 0.1) is 60.9 Å². The van der Waals surface area contributed by atoms with Crippen LogP contribution in [0, 0.1) is 0 Å². The van der Waals surface area contributed by atoms with Crippen LogP contribution >= 0.6 is 0 Å². The van der Waals surface area contributed by atoms with Gasteiger partial charge in [-0.15, -0.1) is 0 Å². The van der Waals surface area contributed by atoms with Crippen molar-refractivity contribution < 1.29 is 57.2 Å². The number of carbonyl (C=O) groups excluding carboxylic acids is 1. The Morgan fingerprint density at radius 3 is 0.907 bits per heavy atom.